The lowest BCUT2D eigenvalue weighted by Crippen LogP contribution is -2.50. The first kappa shape index (κ1) is 14.6. The van der Waals surface area contributed by atoms with Crippen LogP contribution in [0.5, 0.6) is 11.5 Å². The molecule has 4 rings (SSSR count). The van der Waals surface area contributed by atoms with Crippen molar-refractivity contribution in [3.8, 4) is 11.5 Å². The van der Waals surface area contributed by atoms with Gasteiger partial charge in [0.15, 0.2) is 0 Å². The summed E-state index contributed by atoms with van der Waals surface area (Å²) in [7, 11) is 0. The first-order valence-corrected chi connectivity index (χ1v) is 8.64. The Labute approximate surface area is 138 Å². The van der Waals surface area contributed by atoms with Crippen LogP contribution in [0.3, 0.4) is 0 Å². The van der Waals surface area contributed by atoms with Gasteiger partial charge < -0.3 is 9.47 Å². The van der Waals surface area contributed by atoms with Gasteiger partial charge in [0.05, 0.1) is 13.2 Å². The fraction of sp³-hybridized carbons (Fsp3) is 0.429. The summed E-state index contributed by atoms with van der Waals surface area (Å²) in [6.45, 7) is 9.86. The van der Waals surface area contributed by atoms with Gasteiger partial charge in [-0.05, 0) is 62.8 Å². The average molecular weight is 308 g/mol. The van der Waals surface area contributed by atoms with E-state index < -0.39 is 0 Å². The molecule has 2 aromatic rings. The third-order valence-electron chi connectivity index (χ3n) is 5.40. The van der Waals surface area contributed by atoms with E-state index in [9.17, 15) is 0 Å². The molecule has 0 unspecified atom stereocenters. The van der Waals surface area contributed by atoms with Crippen molar-refractivity contribution < 1.29 is 9.47 Å². The molecule has 0 radical (unpaired) electrons. The van der Waals surface area contributed by atoms with E-state index in [1.165, 1.54) is 33.4 Å². The second-order valence-electron chi connectivity index (χ2n) is 6.79. The Morgan fingerprint density at radius 3 is 1.61 bits per heavy atom. The van der Waals surface area contributed by atoms with Crippen LogP contribution in [-0.2, 0) is 18.3 Å². The maximum absolute atomic E-state index is 6.03. The molecule has 1 spiro atoms. The monoisotopic (exact) mass is 308 g/mol. The van der Waals surface area contributed by atoms with Crippen molar-refractivity contribution in [1.29, 1.82) is 0 Å². The molecule has 120 valence electrons. The first-order valence-electron chi connectivity index (χ1n) is 8.64. The molecule has 0 bridgehead atoms. The van der Waals surface area contributed by atoms with Gasteiger partial charge in [-0.2, -0.15) is 0 Å². The fourth-order valence-electron chi connectivity index (χ4n) is 4.44. The molecule has 0 heterocycles. The number of hydrogen-bond acceptors (Lipinski definition) is 2. The molecular formula is C21H24O2. The quantitative estimate of drug-likeness (QED) is 0.828. The fourth-order valence-corrected chi connectivity index (χ4v) is 4.44. The zero-order valence-electron chi connectivity index (χ0n) is 14.5. The molecule has 0 saturated carbocycles. The number of aryl methyl sites for hydroxylation is 2. The number of fused-ring (bicyclic) bond motifs is 4. The summed E-state index contributed by atoms with van der Waals surface area (Å²) in [5.74, 6) is 2.21. The van der Waals surface area contributed by atoms with Crippen LogP contribution in [0.15, 0.2) is 24.3 Å². The Balaban J connectivity index is 1.89. The van der Waals surface area contributed by atoms with Crippen LogP contribution in [0, 0.1) is 13.8 Å². The van der Waals surface area contributed by atoms with Gasteiger partial charge in [-0.1, -0.05) is 24.3 Å². The smallest absolute Gasteiger partial charge is 0.126 e. The Morgan fingerprint density at radius 1 is 0.783 bits per heavy atom. The predicted octanol–water partition coefficient (Wildman–Crippen LogP) is 4.50. The number of rotatable bonds is 4. The zero-order chi connectivity index (χ0) is 16.2. The second kappa shape index (κ2) is 5.02. The Morgan fingerprint density at radius 2 is 1.22 bits per heavy atom. The molecule has 0 atom stereocenters. The standard InChI is InChI=1S/C21H24O2/c1-5-22-19-13(3)7-9-15-11-21(17(15)19)12-16-10-8-14(4)20(18(16)21)23-6-2/h7-10H,5-6,11-12H2,1-4H3. The van der Waals surface area contributed by atoms with Crippen LogP contribution >= 0.6 is 0 Å². The van der Waals surface area contributed by atoms with Crippen LogP contribution in [0.1, 0.15) is 47.2 Å². The molecule has 0 aromatic heterocycles. The molecule has 0 saturated heterocycles. The molecule has 2 aliphatic carbocycles. The van der Waals surface area contributed by atoms with Gasteiger partial charge in [0.25, 0.3) is 0 Å². The molecule has 2 nitrogen and oxygen atoms in total. The molecule has 2 aliphatic rings. The largest absolute Gasteiger partial charge is 0.493 e. The van der Waals surface area contributed by atoms with Crippen molar-refractivity contribution in [3.05, 3.63) is 57.6 Å². The van der Waals surface area contributed by atoms with Crippen molar-refractivity contribution in [2.75, 3.05) is 13.2 Å². The minimum atomic E-state index is 0.123. The molecule has 0 N–H and O–H groups in total. The van der Waals surface area contributed by atoms with E-state index in [0.29, 0.717) is 13.2 Å². The molecule has 2 heteroatoms. The lowest BCUT2D eigenvalue weighted by molar-refractivity contribution is 0.283. The van der Waals surface area contributed by atoms with Crippen molar-refractivity contribution >= 4 is 0 Å². The highest BCUT2D eigenvalue weighted by Gasteiger charge is 2.55. The molecule has 0 aliphatic heterocycles. The van der Waals surface area contributed by atoms with Gasteiger partial charge in [0.2, 0.25) is 0 Å². The predicted molar refractivity (Wildman–Crippen MR) is 92.9 cm³/mol. The average Bonchev–Trinajstić information content (AvgIpc) is 2.48. The Bertz CT molecular complexity index is 721. The van der Waals surface area contributed by atoms with E-state index in [1.54, 1.807) is 0 Å². The number of ether oxygens (including phenoxy) is 2. The van der Waals surface area contributed by atoms with Gasteiger partial charge in [0.1, 0.15) is 11.5 Å². The van der Waals surface area contributed by atoms with Gasteiger partial charge in [-0.25, -0.2) is 0 Å². The van der Waals surface area contributed by atoms with Gasteiger partial charge in [-0.3, -0.25) is 0 Å². The zero-order valence-corrected chi connectivity index (χ0v) is 14.5. The van der Waals surface area contributed by atoms with E-state index in [2.05, 4.69) is 52.0 Å². The van der Waals surface area contributed by atoms with Crippen LogP contribution in [0.4, 0.5) is 0 Å². The lowest BCUT2D eigenvalue weighted by atomic mass is 9.49. The maximum Gasteiger partial charge on any atom is 0.126 e. The summed E-state index contributed by atoms with van der Waals surface area (Å²) in [4.78, 5) is 0. The van der Waals surface area contributed by atoms with E-state index in [4.69, 9.17) is 9.47 Å². The summed E-state index contributed by atoms with van der Waals surface area (Å²) in [6, 6.07) is 8.92. The van der Waals surface area contributed by atoms with Gasteiger partial charge in [0, 0.05) is 16.5 Å². The normalized spacial score (nSPS) is 16.2. The molecular weight excluding hydrogens is 284 g/mol. The van der Waals surface area contributed by atoms with E-state index in [-0.39, 0.29) is 5.41 Å². The third-order valence-corrected chi connectivity index (χ3v) is 5.40. The highest BCUT2D eigenvalue weighted by molar-refractivity contribution is 5.71. The molecule has 23 heavy (non-hydrogen) atoms. The minimum absolute atomic E-state index is 0.123. The topological polar surface area (TPSA) is 18.5 Å². The summed E-state index contributed by atoms with van der Waals surface area (Å²) in [5.41, 5.74) is 8.31. The van der Waals surface area contributed by atoms with Crippen LogP contribution in [0.2, 0.25) is 0 Å². The SMILES string of the molecule is CCOc1c(C)ccc2c1C1(C2)Cc2ccc(C)c(OCC)c21. The van der Waals surface area contributed by atoms with Crippen LogP contribution in [-0.4, -0.2) is 13.2 Å². The number of hydrogen-bond donors (Lipinski definition) is 0. The van der Waals surface area contributed by atoms with Crippen LogP contribution in [0.25, 0.3) is 0 Å². The maximum atomic E-state index is 6.03. The summed E-state index contributed by atoms with van der Waals surface area (Å²) in [5, 5.41) is 0. The Hall–Kier alpha value is -1.96. The highest BCUT2D eigenvalue weighted by Crippen LogP contribution is 2.62. The summed E-state index contributed by atoms with van der Waals surface area (Å²) < 4.78 is 12.1. The van der Waals surface area contributed by atoms with Crippen molar-refractivity contribution in [2.45, 2.75) is 46.0 Å². The van der Waals surface area contributed by atoms with E-state index in [0.717, 1.165) is 24.3 Å². The van der Waals surface area contributed by atoms with Crippen molar-refractivity contribution in [1.82, 2.24) is 0 Å². The van der Waals surface area contributed by atoms with Gasteiger partial charge >= 0.3 is 0 Å². The summed E-state index contributed by atoms with van der Waals surface area (Å²) in [6.07, 6.45) is 2.22. The second-order valence-corrected chi connectivity index (χ2v) is 6.79. The van der Waals surface area contributed by atoms with Crippen molar-refractivity contribution in [2.24, 2.45) is 0 Å². The van der Waals surface area contributed by atoms with E-state index in [1.807, 2.05) is 0 Å². The first-order chi connectivity index (χ1) is 11.1. The third kappa shape index (κ3) is 1.81. The number of benzene rings is 2. The lowest BCUT2D eigenvalue weighted by Gasteiger charge is -2.53. The van der Waals surface area contributed by atoms with Gasteiger partial charge in [-0.15, -0.1) is 0 Å². The highest BCUT2D eigenvalue weighted by atomic mass is 16.5. The van der Waals surface area contributed by atoms with E-state index >= 15 is 0 Å². The summed E-state index contributed by atoms with van der Waals surface area (Å²) >= 11 is 0. The molecule has 0 amide bonds. The van der Waals surface area contributed by atoms with Crippen LogP contribution < -0.4 is 9.47 Å². The molecule has 0 fully saturated rings. The Kier molecular flexibility index (Phi) is 3.19. The molecule has 2 aromatic carbocycles. The minimum Gasteiger partial charge on any atom is -0.493 e. The van der Waals surface area contributed by atoms with Crippen molar-refractivity contribution in [3.63, 3.8) is 0 Å².